The second kappa shape index (κ2) is 9.56. The Morgan fingerprint density at radius 2 is 1.67 bits per heavy atom. The van der Waals surface area contributed by atoms with Gasteiger partial charge in [-0.3, -0.25) is 0 Å². The molecule has 2 unspecified atom stereocenters. The normalized spacial score (nSPS) is 12.9. The quantitative estimate of drug-likeness (QED) is 0.713. The summed E-state index contributed by atoms with van der Waals surface area (Å²) in [6.07, 6.45) is 3.23. The van der Waals surface area contributed by atoms with Crippen LogP contribution in [-0.4, -0.2) is 12.1 Å². The van der Waals surface area contributed by atoms with E-state index < -0.39 is 0 Å². The van der Waals surface area contributed by atoms with Gasteiger partial charge in [0.05, 0.1) is 0 Å². The van der Waals surface area contributed by atoms with Crippen molar-refractivity contribution in [2.45, 2.75) is 32.4 Å². The van der Waals surface area contributed by atoms with Crippen LogP contribution in [0.5, 0.6) is 0 Å². The summed E-state index contributed by atoms with van der Waals surface area (Å²) in [6, 6.07) is 19.9. The summed E-state index contributed by atoms with van der Waals surface area (Å²) in [7, 11) is 0. The number of carbonyl (C=O) groups is 1. The molecule has 2 aromatic carbocycles. The molecule has 0 spiro atoms. The van der Waals surface area contributed by atoms with Crippen LogP contribution in [0.1, 0.15) is 24.5 Å². The number of amides is 1. The third-order valence-electron chi connectivity index (χ3n) is 4.11. The van der Waals surface area contributed by atoms with Crippen LogP contribution in [0.3, 0.4) is 0 Å². The number of aryl methyl sites for hydroxylation is 1. The molecule has 2 atom stereocenters. The third-order valence-corrected chi connectivity index (χ3v) is 4.11. The Kier molecular flexibility index (Phi) is 7.09. The van der Waals surface area contributed by atoms with Crippen LogP contribution in [0, 0.1) is 5.92 Å². The van der Waals surface area contributed by atoms with E-state index >= 15 is 0 Å². The van der Waals surface area contributed by atoms with Gasteiger partial charge in [0.15, 0.2) is 0 Å². The van der Waals surface area contributed by atoms with Crippen molar-refractivity contribution in [1.29, 1.82) is 0 Å². The van der Waals surface area contributed by atoms with E-state index in [0.29, 0.717) is 0 Å². The van der Waals surface area contributed by atoms with Gasteiger partial charge < -0.3 is 10.1 Å². The lowest BCUT2D eigenvalue weighted by Crippen LogP contribution is -2.39. The number of ether oxygens (including phenoxy) is 1. The molecular weight excluding hydrogens is 298 g/mol. The molecule has 0 saturated carbocycles. The predicted molar refractivity (Wildman–Crippen MR) is 97.7 cm³/mol. The zero-order valence-corrected chi connectivity index (χ0v) is 14.2. The van der Waals surface area contributed by atoms with Crippen molar-refractivity contribution in [1.82, 2.24) is 5.32 Å². The van der Waals surface area contributed by atoms with E-state index in [0.717, 1.165) is 18.4 Å². The zero-order valence-electron chi connectivity index (χ0n) is 14.2. The Labute approximate surface area is 144 Å². The first-order chi connectivity index (χ1) is 11.7. The highest BCUT2D eigenvalue weighted by Gasteiger charge is 2.18. The van der Waals surface area contributed by atoms with E-state index in [-0.39, 0.29) is 24.7 Å². The molecule has 0 fully saturated rings. The fourth-order valence-electron chi connectivity index (χ4n) is 2.51. The molecule has 126 valence electrons. The maximum absolute atomic E-state index is 12.1. The average molecular weight is 323 g/mol. The number of nitrogens with one attached hydrogen (secondary N) is 1. The number of benzene rings is 2. The minimum atomic E-state index is -0.384. The van der Waals surface area contributed by atoms with Gasteiger partial charge in [-0.1, -0.05) is 73.7 Å². The molecule has 0 aliphatic carbocycles. The molecule has 2 rings (SSSR count). The van der Waals surface area contributed by atoms with Crippen LogP contribution < -0.4 is 5.32 Å². The van der Waals surface area contributed by atoms with Crippen molar-refractivity contribution in [3.63, 3.8) is 0 Å². The van der Waals surface area contributed by atoms with E-state index in [9.17, 15) is 4.79 Å². The summed E-state index contributed by atoms with van der Waals surface area (Å²) in [4.78, 5) is 12.1. The van der Waals surface area contributed by atoms with Crippen LogP contribution in [0.15, 0.2) is 73.3 Å². The second-order valence-electron chi connectivity index (χ2n) is 5.93. The van der Waals surface area contributed by atoms with Crippen LogP contribution >= 0.6 is 0 Å². The van der Waals surface area contributed by atoms with E-state index in [1.54, 1.807) is 0 Å². The van der Waals surface area contributed by atoms with E-state index in [4.69, 9.17) is 4.74 Å². The molecule has 1 amide bonds. The summed E-state index contributed by atoms with van der Waals surface area (Å²) < 4.78 is 5.32. The van der Waals surface area contributed by atoms with Crippen molar-refractivity contribution >= 4 is 6.09 Å². The monoisotopic (exact) mass is 323 g/mol. The average Bonchev–Trinajstić information content (AvgIpc) is 2.64. The maximum atomic E-state index is 12.1. The summed E-state index contributed by atoms with van der Waals surface area (Å²) in [5.74, 6) is 0.179. The third kappa shape index (κ3) is 5.92. The van der Waals surface area contributed by atoms with Gasteiger partial charge in [0, 0.05) is 6.04 Å². The van der Waals surface area contributed by atoms with Crippen LogP contribution in [0.25, 0.3) is 0 Å². The molecule has 0 radical (unpaired) electrons. The highest BCUT2D eigenvalue weighted by molar-refractivity contribution is 5.67. The number of hydrogen-bond acceptors (Lipinski definition) is 2. The van der Waals surface area contributed by atoms with Crippen molar-refractivity contribution in [3.8, 4) is 0 Å². The van der Waals surface area contributed by atoms with Gasteiger partial charge in [0.2, 0.25) is 0 Å². The summed E-state index contributed by atoms with van der Waals surface area (Å²) >= 11 is 0. The fraction of sp³-hybridized carbons (Fsp3) is 0.286. The summed E-state index contributed by atoms with van der Waals surface area (Å²) in [6.45, 7) is 6.18. The van der Waals surface area contributed by atoms with Crippen LogP contribution in [0.4, 0.5) is 4.79 Å². The highest BCUT2D eigenvalue weighted by Crippen LogP contribution is 2.13. The molecule has 0 aliphatic heterocycles. The highest BCUT2D eigenvalue weighted by atomic mass is 16.5. The molecule has 0 aliphatic rings. The number of rotatable bonds is 8. The number of alkyl carbamates (subject to hydrolysis) is 1. The minimum absolute atomic E-state index is 0.00554. The van der Waals surface area contributed by atoms with Crippen molar-refractivity contribution in [2.75, 3.05) is 0 Å². The van der Waals surface area contributed by atoms with Gasteiger partial charge in [0.1, 0.15) is 6.61 Å². The molecule has 0 bridgehead atoms. The smallest absolute Gasteiger partial charge is 0.407 e. The van der Waals surface area contributed by atoms with Gasteiger partial charge in [-0.2, -0.15) is 0 Å². The molecule has 0 saturated heterocycles. The maximum Gasteiger partial charge on any atom is 0.407 e. The van der Waals surface area contributed by atoms with Gasteiger partial charge in [-0.15, -0.1) is 6.58 Å². The Morgan fingerprint density at radius 3 is 2.25 bits per heavy atom. The predicted octanol–water partition coefficient (Wildman–Crippen LogP) is 4.74. The van der Waals surface area contributed by atoms with Gasteiger partial charge in [-0.05, 0) is 29.9 Å². The van der Waals surface area contributed by atoms with Gasteiger partial charge in [0.25, 0.3) is 0 Å². The Morgan fingerprint density at radius 1 is 1.08 bits per heavy atom. The summed E-state index contributed by atoms with van der Waals surface area (Å²) in [5, 5.41) is 2.98. The Balaban J connectivity index is 1.85. The minimum Gasteiger partial charge on any atom is -0.445 e. The van der Waals surface area contributed by atoms with Gasteiger partial charge in [-0.25, -0.2) is 4.79 Å². The topological polar surface area (TPSA) is 38.3 Å². The van der Waals surface area contributed by atoms with E-state index in [1.807, 2.05) is 54.6 Å². The first-order valence-corrected chi connectivity index (χ1v) is 8.32. The number of carbonyl (C=O) groups excluding carboxylic acids is 1. The SMILES string of the molecule is C=CC(C)C(CCc1ccccc1)NC(=O)OCc1ccccc1. The summed E-state index contributed by atoms with van der Waals surface area (Å²) in [5.41, 5.74) is 2.24. The molecule has 0 heterocycles. The molecule has 2 aromatic rings. The lowest BCUT2D eigenvalue weighted by molar-refractivity contribution is 0.133. The van der Waals surface area contributed by atoms with Crippen molar-refractivity contribution in [3.05, 3.63) is 84.4 Å². The van der Waals surface area contributed by atoms with Crippen LogP contribution in [0.2, 0.25) is 0 Å². The lowest BCUT2D eigenvalue weighted by atomic mass is 9.95. The first kappa shape index (κ1) is 17.8. The molecular formula is C21H25NO2. The van der Waals surface area contributed by atoms with Crippen LogP contribution in [-0.2, 0) is 17.8 Å². The zero-order chi connectivity index (χ0) is 17.2. The molecule has 1 N–H and O–H groups in total. The molecule has 24 heavy (non-hydrogen) atoms. The molecule has 0 aromatic heterocycles. The van der Waals surface area contributed by atoms with E-state index in [2.05, 4.69) is 31.0 Å². The molecule has 3 heteroatoms. The van der Waals surface area contributed by atoms with Crippen molar-refractivity contribution in [2.24, 2.45) is 5.92 Å². The Bertz CT molecular complexity index is 625. The van der Waals surface area contributed by atoms with E-state index in [1.165, 1.54) is 5.56 Å². The first-order valence-electron chi connectivity index (χ1n) is 8.32. The largest absolute Gasteiger partial charge is 0.445 e. The lowest BCUT2D eigenvalue weighted by Gasteiger charge is -2.22. The molecule has 3 nitrogen and oxygen atoms in total. The Hall–Kier alpha value is -2.55. The standard InChI is InChI=1S/C21H25NO2/c1-3-17(2)20(15-14-18-10-6-4-7-11-18)22-21(23)24-16-19-12-8-5-9-13-19/h3-13,17,20H,1,14-16H2,2H3,(H,22,23). The van der Waals surface area contributed by atoms with Crippen molar-refractivity contribution < 1.29 is 9.53 Å². The second-order valence-corrected chi connectivity index (χ2v) is 5.93. The fourth-order valence-corrected chi connectivity index (χ4v) is 2.51. The van der Waals surface area contributed by atoms with Gasteiger partial charge >= 0.3 is 6.09 Å². The number of hydrogen-bond donors (Lipinski definition) is 1.